The highest BCUT2D eigenvalue weighted by molar-refractivity contribution is 7.88. The summed E-state index contributed by atoms with van der Waals surface area (Å²) >= 11 is 0. The second kappa shape index (κ2) is 4.30. The Labute approximate surface area is 89.4 Å². The molecule has 0 fully saturated rings. The van der Waals surface area contributed by atoms with Gasteiger partial charge >= 0.3 is 15.6 Å². The summed E-state index contributed by atoms with van der Waals surface area (Å²) in [5.41, 5.74) is -5.54. The molecule has 0 aliphatic heterocycles. The van der Waals surface area contributed by atoms with E-state index in [2.05, 4.69) is 4.18 Å². The maximum Gasteiger partial charge on any atom is 0.534 e. The maximum atomic E-state index is 12.0. The second-order valence-electron chi connectivity index (χ2n) is 2.75. The molecule has 1 rings (SSSR count). The lowest BCUT2D eigenvalue weighted by molar-refractivity contribution is -0.0500. The van der Waals surface area contributed by atoms with E-state index in [9.17, 15) is 21.6 Å². The molecule has 0 aliphatic rings. The third-order valence-electron chi connectivity index (χ3n) is 1.63. The fourth-order valence-electron chi connectivity index (χ4n) is 0.881. The fraction of sp³-hybridized carbons (Fsp3) is 0.250. The summed E-state index contributed by atoms with van der Waals surface area (Å²) in [7, 11) is -5.69. The molecule has 1 aromatic carbocycles. The zero-order valence-electron chi connectivity index (χ0n) is 7.73. The van der Waals surface area contributed by atoms with Crippen molar-refractivity contribution in [2.45, 2.75) is 12.1 Å². The van der Waals surface area contributed by atoms with Gasteiger partial charge in [0.05, 0.1) is 6.61 Å². The highest BCUT2D eigenvalue weighted by atomic mass is 32.2. The van der Waals surface area contributed by atoms with Gasteiger partial charge in [-0.1, -0.05) is 18.2 Å². The normalized spacial score (nSPS) is 12.5. The van der Waals surface area contributed by atoms with E-state index in [4.69, 9.17) is 5.11 Å². The molecule has 4 nitrogen and oxygen atoms in total. The Balaban J connectivity index is 3.06. The van der Waals surface area contributed by atoms with Crippen molar-refractivity contribution in [3.63, 3.8) is 0 Å². The third-order valence-corrected chi connectivity index (χ3v) is 2.59. The highest BCUT2D eigenvalue weighted by Gasteiger charge is 2.48. The maximum absolute atomic E-state index is 12.0. The average molecular weight is 256 g/mol. The average Bonchev–Trinajstić information content (AvgIpc) is 2.16. The SMILES string of the molecule is O=S(=O)(Oc1ccccc1CO)C(F)(F)F. The topological polar surface area (TPSA) is 63.6 Å². The lowest BCUT2D eigenvalue weighted by Gasteiger charge is -2.11. The summed E-state index contributed by atoms with van der Waals surface area (Å²) in [5, 5.41) is 8.76. The number of alkyl halides is 3. The summed E-state index contributed by atoms with van der Waals surface area (Å²) < 4.78 is 61.1. The first-order chi connectivity index (χ1) is 7.28. The molecule has 0 aliphatic carbocycles. The van der Waals surface area contributed by atoms with E-state index < -0.39 is 28.0 Å². The second-order valence-corrected chi connectivity index (χ2v) is 4.29. The van der Waals surface area contributed by atoms with Crippen LogP contribution in [0.5, 0.6) is 5.75 Å². The molecule has 0 aromatic heterocycles. The monoisotopic (exact) mass is 256 g/mol. The van der Waals surface area contributed by atoms with Gasteiger partial charge < -0.3 is 9.29 Å². The molecular weight excluding hydrogens is 249 g/mol. The first-order valence-electron chi connectivity index (χ1n) is 3.97. The van der Waals surface area contributed by atoms with Crippen LogP contribution >= 0.6 is 0 Å². The molecule has 0 spiro atoms. The van der Waals surface area contributed by atoms with Crippen LogP contribution in [0.15, 0.2) is 24.3 Å². The third kappa shape index (κ3) is 2.64. The van der Waals surface area contributed by atoms with E-state index in [0.717, 1.165) is 6.07 Å². The van der Waals surface area contributed by atoms with Crippen molar-refractivity contribution in [2.24, 2.45) is 0 Å². The smallest absolute Gasteiger partial charge is 0.392 e. The Morgan fingerprint density at radius 3 is 2.31 bits per heavy atom. The van der Waals surface area contributed by atoms with Crippen LogP contribution in [-0.2, 0) is 16.7 Å². The Morgan fingerprint density at radius 1 is 1.25 bits per heavy atom. The van der Waals surface area contributed by atoms with Crippen LogP contribution < -0.4 is 4.18 Å². The number of rotatable bonds is 3. The first kappa shape index (κ1) is 12.8. The number of aliphatic hydroxyl groups excluding tert-OH is 1. The Morgan fingerprint density at radius 2 is 1.81 bits per heavy atom. The van der Waals surface area contributed by atoms with E-state index in [1.807, 2.05) is 0 Å². The van der Waals surface area contributed by atoms with Gasteiger partial charge in [-0.3, -0.25) is 0 Å². The van der Waals surface area contributed by atoms with Crippen LogP contribution in [0.2, 0.25) is 0 Å². The number of hydrogen-bond acceptors (Lipinski definition) is 4. The van der Waals surface area contributed by atoms with Crippen LogP contribution in [0.1, 0.15) is 5.56 Å². The van der Waals surface area contributed by atoms with Gasteiger partial charge in [0.15, 0.2) is 0 Å². The van der Waals surface area contributed by atoms with Gasteiger partial charge in [-0.25, -0.2) is 0 Å². The lowest BCUT2D eigenvalue weighted by Crippen LogP contribution is -2.28. The molecule has 0 atom stereocenters. The number of para-hydroxylation sites is 1. The van der Waals surface area contributed by atoms with Crippen molar-refractivity contribution >= 4 is 10.1 Å². The van der Waals surface area contributed by atoms with Crippen LogP contribution in [0.3, 0.4) is 0 Å². The van der Waals surface area contributed by atoms with E-state index >= 15 is 0 Å². The number of aliphatic hydroxyl groups is 1. The van der Waals surface area contributed by atoms with E-state index in [0.29, 0.717) is 0 Å². The van der Waals surface area contributed by atoms with Crippen LogP contribution in [-0.4, -0.2) is 19.0 Å². The van der Waals surface area contributed by atoms with Crippen LogP contribution in [0.4, 0.5) is 13.2 Å². The van der Waals surface area contributed by atoms with Gasteiger partial charge in [-0.05, 0) is 6.07 Å². The fourth-order valence-corrected chi connectivity index (χ4v) is 1.37. The standard InChI is InChI=1S/C8H7F3O4S/c9-8(10,11)16(13,14)15-7-4-2-1-3-6(7)5-12/h1-4,12H,5H2. The van der Waals surface area contributed by atoms with Gasteiger partial charge in [-0.2, -0.15) is 21.6 Å². The minimum absolute atomic E-state index is 0.0460. The largest absolute Gasteiger partial charge is 0.534 e. The Bertz CT molecular complexity index is 466. The summed E-state index contributed by atoms with van der Waals surface area (Å²) in [6.07, 6.45) is 0. The van der Waals surface area contributed by atoms with Crippen molar-refractivity contribution in [3.05, 3.63) is 29.8 Å². The molecule has 1 aromatic rings. The Kier molecular flexibility index (Phi) is 3.44. The number of hydrogen-bond donors (Lipinski definition) is 1. The predicted octanol–water partition coefficient (Wildman–Crippen LogP) is 1.41. The van der Waals surface area contributed by atoms with Gasteiger partial charge in [0, 0.05) is 5.56 Å². The van der Waals surface area contributed by atoms with Crippen molar-refractivity contribution in [3.8, 4) is 5.75 Å². The lowest BCUT2D eigenvalue weighted by atomic mass is 10.2. The predicted molar refractivity (Wildman–Crippen MR) is 48.0 cm³/mol. The van der Waals surface area contributed by atoms with Gasteiger partial charge in [0.1, 0.15) is 5.75 Å². The first-order valence-corrected chi connectivity index (χ1v) is 5.38. The summed E-state index contributed by atoms with van der Waals surface area (Å²) in [4.78, 5) is 0. The van der Waals surface area contributed by atoms with Gasteiger partial charge in [-0.15, -0.1) is 0 Å². The molecule has 8 heteroatoms. The van der Waals surface area contributed by atoms with E-state index in [1.54, 1.807) is 0 Å². The van der Waals surface area contributed by atoms with Crippen molar-refractivity contribution in [2.75, 3.05) is 0 Å². The van der Waals surface area contributed by atoms with Crippen LogP contribution in [0.25, 0.3) is 0 Å². The molecule has 0 bridgehead atoms. The highest BCUT2D eigenvalue weighted by Crippen LogP contribution is 2.28. The van der Waals surface area contributed by atoms with E-state index in [-0.39, 0.29) is 5.56 Å². The molecule has 16 heavy (non-hydrogen) atoms. The molecule has 1 N–H and O–H groups in total. The molecule has 0 radical (unpaired) electrons. The zero-order valence-corrected chi connectivity index (χ0v) is 8.55. The minimum Gasteiger partial charge on any atom is -0.392 e. The van der Waals surface area contributed by atoms with Gasteiger partial charge in [0.2, 0.25) is 0 Å². The summed E-state index contributed by atoms with van der Waals surface area (Å²) in [5.74, 6) is -0.540. The quantitative estimate of drug-likeness (QED) is 0.656. The molecule has 0 saturated heterocycles. The number of benzene rings is 1. The van der Waals surface area contributed by atoms with Crippen LogP contribution in [0, 0.1) is 0 Å². The van der Waals surface area contributed by atoms with E-state index in [1.165, 1.54) is 18.2 Å². The molecular formula is C8H7F3O4S. The summed E-state index contributed by atoms with van der Waals surface area (Å²) in [6, 6.07) is 5.00. The summed E-state index contributed by atoms with van der Waals surface area (Å²) in [6.45, 7) is -0.621. The van der Waals surface area contributed by atoms with Crippen molar-refractivity contribution < 1.29 is 30.9 Å². The molecule has 0 heterocycles. The Hall–Kier alpha value is -1.28. The van der Waals surface area contributed by atoms with Crippen molar-refractivity contribution in [1.29, 1.82) is 0 Å². The molecule has 0 saturated carbocycles. The molecule has 0 amide bonds. The molecule has 0 unspecified atom stereocenters. The number of halogens is 3. The van der Waals surface area contributed by atoms with Crippen molar-refractivity contribution in [1.82, 2.24) is 0 Å². The minimum atomic E-state index is -5.69. The zero-order chi connectivity index (χ0) is 12.4. The molecule has 90 valence electrons. The van der Waals surface area contributed by atoms with Gasteiger partial charge in [0.25, 0.3) is 0 Å².